The second kappa shape index (κ2) is 7.69. The van der Waals surface area contributed by atoms with Crippen molar-refractivity contribution >= 4 is 27.3 Å². The average molecular weight is 412 g/mol. The molecule has 2 aliphatic rings. The molecule has 2 aromatic carbocycles. The van der Waals surface area contributed by atoms with Gasteiger partial charge in [-0.1, -0.05) is 36.4 Å². The Balaban J connectivity index is 1.89. The topological polar surface area (TPSA) is 114 Å². The van der Waals surface area contributed by atoms with E-state index in [0.29, 0.717) is 43.3 Å². The third-order valence-electron chi connectivity index (χ3n) is 4.70. The first-order valence-electron chi connectivity index (χ1n) is 9.10. The summed E-state index contributed by atoms with van der Waals surface area (Å²) in [5.41, 5.74) is 7.29. The van der Waals surface area contributed by atoms with E-state index in [-0.39, 0.29) is 16.3 Å². The van der Waals surface area contributed by atoms with E-state index in [0.717, 1.165) is 0 Å². The van der Waals surface area contributed by atoms with Crippen LogP contribution in [0.2, 0.25) is 0 Å². The molecule has 150 valence electrons. The maximum absolute atomic E-state index is 12.9. The molecule has 0 atom stereocenters. The number of para-hydroxylation sites is 1. The molecule has 1 amide bonds. The Labute approximate surface area is 168 Å². The van der Waals surface area contributed by atoms with Crippen LogP contribution in [0.15, 0.2) is 75.9 Å². The molecule has 2 heterocycles. The van der Waals surface area contributed by atoms with Crippen LogP contribution in [-0.4, -0.2) is 51.2 Å². The van der Waals surface area contributed by atoms with Crippen molar-refractivity contribution in [2.75, 3.05) is 26.3 Å². The molecule has 0 bridgehead atoms. The van der Waals surface area contributed by atoms with Gasteiger partial charge in [-0.2, -0.15) is 0 Å². The standard InChI is InChI=1S/C20H20N4O4S/c21-17(20(25)24-10-12-28-13-11-24)19-18(22-14-6-2-1-3-7-14)15-8-4-5-9-16(15)29(26,27)23-19/h1-9,23H,10-13,21H2. The van der Waals surface area contributed by atoms with Gasteiger partial charge in [0, 0.05) is 18.7 Å². The number of nitrogens with one attached hydrogen (secondary N) is 1. The van der Waals surface area contributed by atoms with Crippen LogP contribution in [0.3, 0.4) is 0 Å². The Bertz CT molecular complexity index is 1100. The number of carbonyl (C=O) groups is 1. The van der Waals surface area contributed by atoms with Gasteiger partial charge in [0.25, 0.3) is 15.9 Å². The van der Waals surface area contributed by atoms with Crippen molar-refractivity contribution in [1.82, 2.24) is 9.62 Å². The largest absolute Gasteiger partial charge is 0.392 e. The molecule has 0 aliphatic carbocycles. The van der Waals surface area contributed by atoms with E-state index in [2.05, 4.69) is 9.71 Å². The number of rotatable bonds is 2. The number of amides is 1. The van der Waals surface area contributed by atoms with E-state index < -0.39 is 15.9 Å². The van der Waals surface area contributed by atoms with Crippen molar-refractivity contribution in [3.63, 3.8) is 0 Å². The molecule has 29 heavy (non-hydrogen) atoms. The quantitative estimate of drug-likeness (QED) is 0.718. The SMILES string of the molecule is NC(C(=O)N1CCOCC1)=C1NS(=O)(=O)c2ccccc2C1=Nc1ccccc1. The fraction of sp³-hybridized carbons (Fsp3) is 0.200. The van der Waals surface area contributed by atoms with E-state index in [9.17, 15) is 13.2 Å². The van der Waals surface area contributed by atoms with E-state index in [1.165, 1.54) is 6.07 Å². The van der Waals surface area contributed by atoms with Gasteiger partial charge >= 0.3 is 0 Å². The van der Waals surface area contributed by atoms with Gasteiger partial charge in [-0.25, -0.2) is 13.4 Å². The highest BCUT2D eigenvalue weighted by molar-refractivity contribution is 7.90. The zero-order valence-corrected chi connectivity index (χ0v) is 16.4. The summed E-state index contributed by atoms with van der Waals surface area (Å²) in [4.78, 5) is 19.2. The summed E-state index contributed by atoms with van der Waals surface area (Å²) in [6.07, 6.45) is 0. The molecule has 0 saturated carbocycles. The molecule has 3 N–H and O–H groups in total. The number of nitrogens with two attached hydrogens (primary N) is 1. The van der Waals surface area contributed by atoms with Crippen LogP contribution in [-0.2, 0) is 19.6 Å². The van der Waals surface area contributed by atoms with Crippen molar-refractivity contribution in [2.24, 2.45) is 10.7 Å². The van der Waals surface area contributed by atoms with E-state index in [1.807, 2.05) is 18.2 Å². The minimum atomic E-state index is -3.89. The number of allylic oxidation sites excluding steroid dienone is 1. The second-order valence-corrected chi connectivity index (χ2v) is 8.24. The van der Waals surface area contributed by atoms with Crippen molar-refractivity contribution in [2.45, 2.75) is 4.90 Å². The lowest BCUT2D eigenvalue weighted by molar-refractivity contribution is -0.131. The fourth-order valence-electron chi connectivity index (χ4n) is 3.24. The van der Waals surface area contributed by atoms with Crippen molar-refractivity contribution in [1.29, 1.82) is 0 Å². The predicted octanol–water partition coefficient (Wildman–Crippen LogP) is 1.13. The molecular formula is C20H20N4O4S. The minimum absolute atomic E-state index is 0.0101. The van der Waals surface area contributed by atoms with Crippen LogP contribution in [0.25, 0.3) is 0 Å². The van der Waals surface area contributed by atoms with Gasteiger partial charge in [-0.05, 0) is 18.2 Å². The normalized spacial score (nSPS) is 21.2. The number of fused-ring (bicyclic) bond motifs is 1. The van der Waals surface area contributed by atoms with Crippen molar-refractivity contribution in [3.8, 4) is 0 Å². The lowest BCUT2D eigenvalue weighted by atomic mass is 10.0. The van der Waals surface area contributed by atoms with Crippen LogP contribution in [0.1, 0.15) is 5.56 Å². The third-order valence-corrected chi connectivity index (χ3v) is 6.11. The smallest absolute Gasteiger partial charge is 0.272 e. The number of carbonyl (C=O) groups excluding carboxylic acids is 1. The van der Waals surface area contributed by atoms with Crippen LogP contribution in [0, 0.1) is 0 Å². The zero-order chi connectivity index (χ0) is 20.4. The summed E-state index contributed by atoms with van der Waals surface area (Å²) in [7, 11) is -3.89. The molecule has 0 radical (unpaired) electrons. The molecule has 0 unspecified atom stereocenters. The van der Waals surface area contributed by atoms with Crippen LogP contribution >= 0.6 is 0 Å². The summed E-state index contributed by atoms with van der Waals surface area (Å²) >= 11 is 0. The predicted molar refractivity (Wildman–Crippen MR) is 108 cm³/mol. The molecule has 8 nitrogen and oxygen atoms in total. The van der Waals surface area contributed by atoms with Crippen LogP contribution < -0.4 is 10.5 Å². The van der Waals surface area contributed by atoms with Crippen LogP contribution in [0.4, 0.5) is 5.69 Å². The molecule has 0 aromatic heterocycles. The van der Waals surface area contributed by atoms with Gasteiger partial charge < -0.3 is 15.4 Å². The summed E-state index contributed by atoms with van der Waals surface area (Å²) in [5.74, 6) is -0.453. The Kier molecular flexibility index (Phi) is 5.08. The first-order valence-corrected chi connectivity index (χ1v) is 10.6. The maximum Gasteiger partial charge on any atom is 0.272 e. The molecule has 2 aromatic rings. The van der Waals surface area contributed by atoms with E-state index in [4.69, 9.17) is 10.5 Å². The number of sulfonamides is 1. The van der Waals surface area contributed by atoms with Gasteiger partial charge in [0.2, 0.25) is 0 Å². The highest BCUT2D eigenvalue weighted by atomic mass is 32.2. The number of hydrogen-bond donors (Lipinski definition) is 2. The van der Waals surface area contributed by atoms with E-state index >= 15 is 0 Å². The number of morpholine rings is 1. The number of nitrogens with zero attached hydrogens (tertiary/aromatic N) is 2. The molecule has 0 spiro atoms. The number of hydrogen-bond acceptors (Lipinski definition) is 6. The molecule has 1 saturated heterocycles. The van der Waals surface area contributed by atoms with Gasteiger partial charge in [0.1, 0.15) is 11.4 Å². The van der Waals surface area contributed by atoms with Gasteiger partial charge in [-0.3, -0.25) is 9.52 Å². The summed E-state index contributed by atoms with van der Waals surface area (Å²) in [5, 5.41) is 0. The van der Waals surface area contributed by atoms with Crippen molar-refractivity contribution < 1.29 is 17.9 Å². The highest BCUT2D eigenvalue weighted by Crippen LogP contribution is 2.28. The Hall–Kier alpha value is -3.17. The number of ether oxygens (including phenoxy) is 1. The van der Waals surface area contributed by atoms with Crippen molar-refractivity contribution in [3.05, 3.63) is 71.6 Å². The zero-order valence-electron chi connectivity index (χ0n) is 15.5. The highest BCUT2D eigenvalue weighted by Gasteiger charge is 2.34. The number of benzene rings is 2. The molecule has 4 rings (SSSR count). The maximum atomic E-state index is 12.9. The van der Waals surface area contributed by atoms with Gasteiger partial charge in [-0.15, -0.1) is 0 Å². The minimum Gasteiger partial charge on any atom is -0.392 e. The Morgan fingerprint density at radius 2 is 1.69 bits per heavy atom. The monoisotopic (exact) mass is 412 g/mol. The summed E-state index contributed by atoms with van der Waals surface area (Å²) < 4.78 is 33.3. The summed E-state index contributed by atoms with van der Waals surface area (Å²) in [6, 6.07) is 15.6. The molecule has 9 heteroatoms. The molecule has 2 aliphatic heterocycles. The van der Waals surface area contributed by atoms with Crippen LogP contribution in [0.5, 0.6) is 0 Å². The van der Waals surface area contributed by atoms with Gasteiger partial charge in [0.05, 0.1) is 29.5 Å². The lowest BCUT2D eigenvalue weighted by Crippen LogP contribution is -2.45. The fourth-order valence-corrected chi connectivity index (χ4v) is 4.54. The van der Waals surface area contributed by atoms with Gasteiger partial charge in [0.15, 0.2) is 0 Å². The Morgan fingerprint density at radius 3 is 2.41 bits per heavy atom. The number of aliphatic imine (C=N–C) groups is 1. The molecular weight excluding hydrogens is 392 g/mol. The van der Waals surface area contributed by atoms with E-state index in [1.54, 1.807) is 35.2 Å². The first-order chi connectivity index (χ1) is 14.0. The Morgan fingerprint density at radius 1 is 1.03 bits per heavy atom. The third kappa shape index (κ3) is 3.74. The average Bonchev–Trinajstić information content (AvgIpc) is 2.76. The summed E-state index contributed by atoms with van der Waals surface area (Å²) in [6.45, 7) is 1.60. The first kappa shape index (κ1) is 19.2. The second-order valence-electron chi connectivity index (χ2n) is 6.59. The lowest BCUT2D eigenvalue weighted by Gasteiger charge is -2.29. The molecule has 1 fully saturated rings.